The second kappa shape index (κ2) is 6.96. The van der Waals surface area contributed by atoms with Crippen molar-refractivity contribution in [2.75, 3.05) is 19.3 Å². The minimum absolute atomic E-state index is 0.136. The zero-order valence-corrected chi connectivity index (χ0v) is 12.5. The number of hydrogen-bond acceptors (Lipinski definition) is 3. The number of rotatable bonds is 4. The number of thioether (sulfide) groups is 1. The summed E-state index contributed by atoms with van der Waals surface area (Å²) in [6, 6.07) is 6.39. The summed E-state index contributed by atoms with van der Waals surface area (Å²) < 4.78 is 0. The summed E-state index contributed by atoms with van der Waals surface area (Å²) in [5.74, 6) is 0.316. The molecular formula is C15H22N2OS. The quantitative estimate of drug-likeness (QED) is 0.831. The Hall–Kier alpha value is -1.00. The van der Waals surface area contributed by atoms with E-state index in [1.807, 2.05) is 0 Å². The average molecular weight is 278 g/mol. The topological polar surface area (TPSA) is 41.1 Å². The molecule has 2 N–H and O–H groups in total. The van der Waals surface area contributed by atoms with Crippen molar-refractivity contribution in [2.45, 2.75) is 31.2 Å². The van der Waals surface area contributed by atoms with Crippen LogP contribution in [0.1, 0.15) is 24.0 Å². The zero-order valence-electron chi connectivity index (χ0n) is 11.7. The molecule has 1 aromatic rings. The van der Waals surface area contributed by atoms with Crippen LogP contribution in [0.25, 0.3) is 0 Å². The van der Waals surface area contributed by atoms with E-state index in [-0.39, 0.29) is 11.8 Å². The van der Waals surface area contributed by atoms with Gasteiger partial charge in [0.15, 0.2) is 0 Å². The Morgan fingerprint density at radius 2 is 2.37 bits per heavy atom. The van der Waals surface area contributed by atoms with Gasteiger partial charge in [-0.1, -0.05) is 12.1 Å². The molecular weight excluding hydrogens is 256 g/mol. The van der Waals surface area contributed by atoms with E-state index < -0.39 is 0 Å². The van der Waals surface area contributed by atoms with Gasteiger partial charge in [0.25, 0.3) is 0 Å². The Morgan fingerprint density at radius 3 is 3.05 bits per heavy atom. The van der Waals surface area contributed by atoms with Crippen molar-refractivity contribution in [3.8, 4) is 0 Å². The van der Waals surface area contributed by atoms with Crippen LogP contribution in [0.4, 0.5) is 0 Å². The van der Waals surface area contributed by atoms with Gasteiger partial charge in [-0.05, 0) is 49.8 Å². The van der Waals surface area contributed by atoms with E-state index in [4.69, 9.17) is 0 Å². The van der Waals surface area contributed by atoms with Gasteiger partial charge >= 0.3 is 0 Å². The van der Waals surface area contributed by atoms with Gasteiger partial charge in [0, 0.05) is 18.0 Å². The maximum atomic E-state index is 12.1. The minimum atomic E-state index is 0.136. The van der Waals surface area contributed by atoms with E-state index in [0.29, 0.717) is 6.54 Å². The molecule has 1 amide bonds. The van der Waals surface area contributed by atoms with Crippen LogP contribution in [0.15, 0.2) is 23.1 Å². The first-order valence-corrected chi connectivity index (χ1v) is 8.05. The monoisotopic (exact) mass is 278 g/mol. The molecule has 1 aromatic carbocycles. The van der Waals surface area contributed by atoms with E-state index in [1.165, 1.54) is 16.0 Å². The molecule has 1 aliphatic rings. The molecule has 1 heterocycles. The predicted octanol–water partition coefficient (Wildman–Crippen LogP) is 2.33. The van der Waals surface area contributed by atoms with Crippen LogP contribution in [0.5, 0.6) is 0 Å². The minimum Gasteiger partial charge on any atom is -0.352 e. The van der Waals surface area contributed by atoms with Crippen LogP contribution >= 0.6 is 11.8 Å². The maximum absolute atomic E-state index is 12.1. The lowest BCUT2D eigenvalue weighted by Gasteiger charge is -2.22. The van der Waals surface area contributed by atoms with Gasteiger partial charge in [0.2, 0.25) is 5.91 Å². The molecule has 0 saturated carbocycles. The first kappa shape index (κ1) is 14.4. The van der Waals surface area contributed by atoms with Gasteiger partial charge < -0.3 is 10.6 Å². The molecule has 1 saturated heterocycles. The molecule has 104 valence electrons. The Balaban J connectivity index is 1.92. The first-order valence-electron chi connectivity index (χ1n) is 6.82. The molecule has 0 bridgehead atoms. The van der Waals surface area contributed by atoms with Crippen molar-refractivity contribution in [3.63, 3.8) is 0 Å². The van der Waals surface area contributed by atoms with Crippen LogP contribution in [-0.4, -0.2) is 25.3 Å². The number of carbonyl (C=O) groups is 1. The summed E-state index contributed by atoms with van der Waals surface area (Å²) in [7, 11) is 0. The summed E-state index contributed by atoms with van der Waals surface area (Å²) in [5.41, 5.74) is 2.46. The first-order chi connectivity index (χ1) is 9.20. The van der Waals surface area contributed by atoms with E-state index in [2.05, 4.69) is 42.0 Å². The number of aryl methyl sites for hydroxylation is 1. The summed E-state index contributed by atoms with van der Waals surface area (Å²) in [5, 5.41) is 6.35. The van der Waals surface area contributed by atoms with E-state index >= 15 is 0 Å². The molecule has 1 unspecified atom stereocenters. The molecule has 0 aliphatic carbocycles. The molecule has 0 radical (unpaired) electrons. The molecule has 4 heteroatoms. The molecule has 19 heavy (non-hydrogen) atoms. The normalized spacial score (nSPS) is 19.2. The molecule has 1 fully saturated rings. The Labute approximate surface area is 119 Å². The standard InChI is InChI=1S/C15H22N2OS/c1-11-5-6-12(14(8-11)19-2)10-17-15(18)13-4-3-7-16-9-13/h5-6,8,13,16H,3-4,7,9-10H2,1-2H3,(H,17,18). The highest BCUT2D eigenvalue weighted by molar-refractivity contribution is 7.98. The van der Waals surface area contributed by atoms with Gasteiger partial charge in [-0.15, -0.1) is 11.8 Å². The van der Waals surface area contributed by atoms with Crippen molar-refractivity contribution in [1.82, 2.24) is 10.6 Å². The van der Waals surface area contributed by atoms with Crippen molar-refractivity contribution < 1.29 is 4.79 Å². The average Bonchev–Trinajstić information content (AvgIpc) is 2.46. The SMILES string of the molecule is CSc1cc(C)ccc1CNC(=O)C1CCCNC1. The molecule has 1 atom stereocenters. The highest BCUT2D eigenvalue weighted by Gasteiger charge is 2.20. The summed E-state index contributed by atoms with van der Waals surface area (Å²) in [6.45, 7) is 4.58. The number of benzene rings is 1. The van der Waals surface area contributed by atoms with Crippen LogP contribution < -0.4 is 10.6 Å². The summed E-state index contributed by atoms with van der Waals surface area (Å²) >= 11 is 1.73. The van der Waals surface area contributed by atoms with Gasteiger partial charge in [-0.25, -0.2) is 0 Å². The lowest BCUT2D eigenvalue weighted by Crippen LogP contribution is -2.40. The van der Waals surface area contributed by atoms with Crippen molar-refractivity contribution in [2.24, 2.45) is 5.92 Å². The summed E-state index contributed by atoms with van der Waals surface area (Å²) in [6.07, 6.45) is 4.17. The maximum Gasteiger partial charge on any atom is 0.224 e. The molecule has 3 nitrogen and oxygen atoms in total. The number of carbonyl (C=O) groups excluding carboxylic acids is 1. The molecule has 1 aliphatic heterocycles. The summed E-state index contributed by atoms with van der Waals surface area (Å²) in [4.78, 5) is 13.3. The van der Waals surface area contributed by atoms with E-state index in [0.717, 1.165) is 25.9 Å². The van der Waals surface area contributed by atoms with Crippen molar-refractivity contribution in [3.05, 3.63) is 29.3 Å². The van der Waals surface area contributed by atoms with Gasteiger partial charge in [0.1, 0.15) is 0 Å². The lowest BCUT2D eigenvalue weighted by molar-refractivity contribution is -0.125. The van der Waals surface area contributed by atoms with Gasteiger partial charge in [-0.2, -0.15) is 0 Å². The fraction of sp³-hybridized carbons (Fsp3) is 0.533. The van der Waals surface area contributed by atoms with Crippen molar-refractivity contribution >= 4 is 17.7 Å². The number of piperidine rings is 1. The second-order valence-electron chi connectivity index (χ2n) is 5.08. The van der Waals surface area contributed by atoms with Crippen LogP contribution in [-0.2, 0) is 11.3 Å². The van der Waals surface area contributed by atoms with Crippen LogP contribution in [0, 0.1) is 12.8 Å². The fourth-order valence-corrected chi connectivity index (χ4v) is 3.11. The highest BCUT2D eigenvalue weighted by atomic mass is 32.2. The number of amides is 1. The third-order valence-corrected chi connectivity index (χ3v) is 4.38. The molecule has 0 aromatic heterocycles. The Morgan fingerprint density at radius 1 is 1.53 bits per heavy atom. The number of nitrogens with one attached hydrogen (secondary N) is 2. The van der Waals surface area contributed by atoms with Crippen LogP contribution in [0.3, 0.4) is 0 Å². The van der Waals surface area contributed by atoms with Crippen molar-refractivity contribution in [1.29, 1.82) is 0 Å². The second-order valence-corrected chi connectivity index (χ2v) is 5.92. The van der Waals surface area contributed by atoms with Gasteiger partial charge in [0.05, 0.1) is 5.92 Å². The Bertz CT molecular complexity index is 442. The highest BCUT2D eigenvalue weighted by Crippen LogP contribution is 2.22. The van der Waals surface area contributed by atoms with E-state index in [1.54, 1.807) is 11.8 Å². The number of hydrogen-bond donors (Lipinski definition) is 2. The molecule has 0 spiro atoms. The van der Waals surface area contributed by atoms with Gasteiger partial charge in [-0.3, -0.25) is 4.79 Å². The predicted molar refractivity (Wildman–Crippen MR) is 80.4 cm³/mol. The van der Waals surface area contributed by atoms with Crippen LogP contribution in [0.2, 0.25) is 0 Å². The third kappa shape index (κ3) is 3.98. The largest absolute Gasteiger partial charge is 0.352 e. The van der Waals surface area contributed by atoms with E-state index in [9.17, 15) is 4.79 Å². The smallest absolute Gasteiger partial charge is 0.224 e. The Kier molecular flexibility index (Phi) is 5.28. The molecule has 2 rings (SSSR count). The zero-order chi connectivity index (χ0) is 13.7. The fourth-order valence-electron chi connectivity index (χ4n) is 2.40. The third-order valence-electron chi connectivity index (χ3n) is 3.56. The lowest BCUT2D eigenvalue weighted by atomic mass is 9.99.